The van der Waals surface area contributed by atoms with Gasteiger partial charge in [0.15, 0.2) is 0 Å². The molecule has 4 nitrogen and oxygen atoms in total. The molecule has 1 aromatic carbocycles. The minimum atomic E-state index is -0.290. The van der Waals surface area contributed by atoms with Gasteiger partial charge in [-0.05, 0) is 25.5 Å². The van der Waals surface area contributed by atoms with Crippen LogP contribution in [-0.4, -0.2) is 32.3 Å². The van der Waals surface area contributed by atoms with E-state index in [2.05, 4.69) is 4.90 Å². The predicted octanol–water partition coefficient (Wildman–Crippen LogP) is 2.39. The Hall–Kier alpha value is -1.97. The van der Waals surface area contributed by atoms with E-state index in [-0.39, 0.29) is 5.97 Å². The number of benzene rings is 1. The van der Waals surface area contributed by atoms with Crippen molar-refractivity contribution in [2.45, 2.75) is 13.3 Å². The van der Waals surface area contributed by atoms with Crippen LogP contribution in [0.2, 0.25) is 0 Å². The lowest BCUT2D eigenvalue weighted by Gasteiger charge is -2.21. The Balaban J connectivity index is 2.02. The van der Waals surface area contributed by atoms with Crippen LogP contribution in [0, 0.1) is 0 Å². The fourth-order valence-corrected chi connectivity index (χ4v) is 2.05. The Morgan fingerprint density at radius 2 is 2.32 bits per heavy atom. The van der Waals surface area contributed by atoms with E-state index in [1.165, 1.54) is 6.08 Å². The second-order valence-corrected chi connectivity index (χ2v) is 4.27. The summed E-state index contributed by atoms with van der Waals surface area (Å²) in [7, 11) is 0. The number of hydrogen-bond donors (Lipinski definition) is 0. The second kappa shape index (κ2) is 6.83. The van der Waals surface area contributed by atoms with Crippen molar-refractivity contribution in [3.8, 4) is 5.75 Å². The molecule has 0 bridgehead atoms. The Morgan fingerprint density at radius 1 is 1.47 bits per heavy atom. The van der Waals surface area contributed by atoms with Crippen molar-refractivity contribution in [2.75, 3.05) is 31.2 Å². The van der Waals surface area contributed by atoms with Gasteiger partial charge in [-0.25, -0.2) is 4.79 Å². The van der Waals surface area contributed by atoms with Crippen molar-refractivity contribution in [3.63, 3.8) is 0 Å². The second-order valence-electron chi connectivity index (χ2n) is 4.27. The van der Waals surface area contributed by atoms with Crippen LogP contribution in [0.4, 0.5) is 5.69 Å². The Labute approximate surface area is 113 Å². The molecule has 0 saturated carbocycles. The van der Waals surface area contributed by atoms with Crippen LogP contribution in [0.5, 0.6) is 5.75 Å². The number of anilines is 1. The largest absolute Gasteiger partial charge is 0.491 e. The number of nitrogens with zero attached hydrogens (tertiary/aromatic N) is 1. The maximum absolute atomic E-state index is 11.2. The Morgan fingerprint density at radius 3 is 3.16 bits per heavy atom. The van der Waals surface area contributed by atoms with Crippen molar-refractivity contribution in [1.82, 2.24) is 0 Å². The van der Waals surface area contributed by atoms with E-state index in [4.69, 9.17) is 9.47 Å². The molecule has 0 aliphatic carbocycles. The quantitative estimate of drug-likeness (QED) is 0.616. The fraction of sp³-hybridized carbons (Fsp3) is 0.400. The van der Waals surface area contributed by atoms with Crippen molar-refractivity contribution < 1.29 is 14.3 Å². The van der Waals surface area contributed by atoms with Gasteiger partial charge in [0.05, 0.1) is 18.9 Å². The van der Waals surface area contributed by atoms with Crippen molar-refractivity contribution >= 4 is 11.7 Å². The highest BCUT2D eigenvalue weighted by molar-refractivity contribution is 5.82. The van der Waals surface area contributed by atoms with Gasteiger partial charge in [0.1, 0.15) is 5.75 Å². The minimum absolute atomic E-state index is 0.290. The summed E-state index contributed by atoms with van der Waals surface area (Å²) in [5, 5.41) is 0. The SMILES string of the molecule is CCOC(=O)/C=C/CN1CCCOc2ccccc21. The number of carbonyl (C=O) groups excluding carboxylic acids is 1. The molecule has 2 rings (SSSR count). The molecule has 1 aromatic rings. The highest BCUT2D eigenvalue weighted by Crippen LogP contribution is 2.30. The molecule has 0 N–H and O–H groups in total. The van der Waals surface area contributed by atoms with Gasteiger partial charge in [-0.2, -0.15) is 0 Å². The normalized spacial score (nSPS) is 14.7. The summed E-state index contributed by atoms with van der Waals surface area (Å²) in [4.78, 5) is 13.5. The van der Waals surface area contributed by atoms with E-state index in [1.807, 2.05) is 30.3 Å². The molecule has 4 heteroatoms. The van der Waals surface area contributed by atoms with Gasteiger partial charge in [0.25, 0.3) is 0 Å². The summed E-state index contributed by atoms with van der Waals surface area (Å²) in [5.41, 5.74) is 1.08. The lowest BCUT2D eigenvalue weighted by atomic mass is 10.2. The van der Waals surface area contributed by atoms with Crippen molar-refractivity contribution in [2.24, 2.45) is 0 Å². The molecule has 0 spiro atoms. The van der Waals surface area contributed by atoms with E-state index < -0.39 is 0 Å². The third kappa shape index (κ3) is 3.74. The van der Waals surface area contributed by atoms with Gasteiger partial charge in [-0.15, -0.1) is 0 Å². The summed E-state index contributed by atoms with van der Waals surface area (Å²) < 4.78 is 10.5. The standard InChI is InChI=1S/C15H19NO3/c1-2-18-15(17)9-5-10-16-11-6-12-19-14-8-4-3-7-13(14)16/h3-5,7-9H,2,6,10-12H2,1H3/b9-5+. The summed E-state index contributed by atoms with van der Waals surface area (Å²) in [6, 6.07) is 7.98. The van der Waals surface area contributed by atoms with Gasteiger partial charge in [-0.3, -0.25) is 0 Å². The zero-order valence-electron chi connectivity index (χ0n) is 11.2. The number of ether oxygens (including phenoxy) is 2. The van der Waals surface area contributed by atoms with Gasteiger partial charge in [0, 0.05) is 19.2 Å². The topological polar surface area (TPSA) is 38.8 Å². The van der Waals surface area contributed by atoms with E-state index in [0.717, 1.165) is 31.0 Å². The van der Waals surface area contributed by atoms with Crippen LogP contribution < -0.4 is 9.64 Å². The van der Waals surface area contributed by atoms with Gasteiger partial charge >= 0.3 is 5.97 Å². The average molecular weight is 261 g/mol. The molecule has 0 unspecified atom stereocenters. The van der Waals surface area contributed by atoms with Crippen LogP contribution in [0.15, 0.2) is 36.4 Å². The number of para-hydroxylation sites is 2. The van der Waals surface area contributed by atoms with E-state index in [9.17, 15) is 4.79 Å². The zero-order chi connectivity index (χ0) is 13.5. The third-order valence-electron chi connectivity index (χ3n) is 2.90. The van der Waals surface area contributed by atoms with Gasteiger partial charge in [0.2, 0.25) is 0 Å². The van der Waals surface area contributed by atoms with E-state index in [1.54, 1.807) is 6.92 Å². The lowest BCUT2D eigenvalue weighted by Crippen LogP contribution is -2.24. The first-order valence-corrected chi connectivity index (χ1v) is 6.61. The molecule has 102 valence electrons. The summed E-state index contributed by atoms with van der Waals surface area (Å²) in [5.74, 6) is 0.617. The Kier molecular flexibility index (Phi) is 4.84. The number of carbonyl (C=O) groups is 1. The monoisotopic (exact) mass is 261 g/mol. The highest BCUT2D eigenvalue weighted by Gasteiger charge is 2.14. The molecule has 0 radical (unpaired) electrons. The smallest absolute Gasteiger partial charge is 0.330 e. The molecular formula is C15H19NO3. The molecular weight excluding hydrogens is 242 g/mol. The fourth-order valence-electron chi connectivity index (χ4n) is 2.05. The van der Waals surface area contributed by atoms with Crippen LogP contribution in [0.3, 0.4) is 0 Å². The van der Waals surface area contributed by atoms with Crippen LogP contribution in [-0.2, 0) is 9.53 Å². The maximum Gasteiger partial charge on any atom is 0.330 e. The third-order valence-corrected chi connectivity index (χ3v) is 2.90. The highest BCUT2D eigenvalue weighted by atomic mass is 16.5. The molecule has 1 heterocycles. The molecule has 0 aromatic heterocycles. The number of hydrogen-bond acceptors (Lipinski definition) is 4. The van der Waals surface area contributed by atoms with E-state index >= 15 is 0 Å². The van der Waals surface area contributed by atoms with Crippen molar-refractivity contribution in [1.29, 1.82) is 0 Å². The molecule has 0 fully saturated rings. The first-order valence-electron chi connectivity index (χ1n) is 6.61. The number of esters is 1. The van der Waals surface area contributed by atoms with E-state index in [0.29, 0.717) is 13.2 Å². The Bertz CT molecular complexity index is 456. The first kappa shape index (κ1) is 13.5. The zero-order valence-corrected chi connectivity index (χ0v) is 11.2. The molecule has 1 aliphatic heterocycles. The first-order chi connectivity index (χ1) is 9.31. The lowest BCUT2D eigenvalue weighted by molar-refractivity contribution is -0.137. The average Bonchev–Trinajstić information content (AvgIpc) is 2.62. The molecule has 0 saturated heterocycles. The maximum atomic E-state index is 11.2. The molecule has 19 heavy (non-hydrogen) atoms. The summed E-state index contributed by atoms with van der Waals surface area (Å²) in [6.07, 6.45) is 4.29. The predicted molar refractivity (Wildman–Crippen MR) is 74.5 cm³/mol. The number of rotatable bonds is 4. The summed E-state index contributed by atoms with van der Waals surface area (Å²) >= 11 is 0. The van der Waals surface area contributed by atoms with Crippen LogP contribution in [0.1, 0.15) is 13.3 Å². The molecule has 0 atom stereocenters. The van der Waals surface area contributed by atoms with Gasteiger partial charge in [-0.1, -0.05) is 18.2 Å². The van der Waals surface area contributed by atoms with Crippen molar-refractivity contribution in [3.05, 3.63) is 36.4 Å². The summed E-state index contributed by atoms with van der Waals surface area (Å²) in [6.45, 7) is 4.54. The molecule has 0 amide bonds. The minimum Gasteiger partial charge on any atom is -0.491 e. The van der Waals surface area contributed by atoms with Crippen LogP contribution in [0.25, 0.3) is 0 Å². The number of fused-ring (bicyclic) bond motifs is 1. The molecule has 1 aliphatic rings. The van der Waals surface area contributed by atoms with Crippen LogP contribution >= 0.6 is 0 Å². The van der Waals surface area contributed by atoms with Gasteiger partial charge < -0.3 is 14.4 Å².